The Morgan fingerprint density at radius 1 is 0.917 bits per heavy atom. The average molecular weight is 343 g/mol. The summed E-state index contributed by atoms with van der Waals surface area (Å²) in [6.45, 7) is 0. The van der Waals surface area contributed by atoms with Gasteiger partial charge in [0.15, 0.2) is 28.8 Å². The predicted molar refractivity (Wildman–Crippen MR) is 88.7 cm³/mol. The molecule has 0 bridgehead atoms. The molecule has 0 aliphatic heterocycles. The van der Waals surface area contributed by atoms with Crippen LogP contribution in [0.4, 0.5) is 0 Å². The number of rotatable bonds is 4. The fourth-order valence-corrected chi connectivity index (χ4v) is 2.95. The van der Waals surface area contributed by atoms with Crippen LogP contribution in [0.3, 0.4) is 0 Å². The van der Waals surface area contributed by atoms with E-state index < -0.39 is 0 Å². The summed E-state index contributed by atoms with van der Waals surface area (Å²) < 4.78 is 0. The number of benzene rings is 2. The van der Waals surface area contributed by atoms with Crippen LogP contribution in [-0.2, 0) is 6.42 Å². The van der Waals surface area contributed by atoms with Crippen molar-refractivity contribution in [2.24, 2.45) is 0 Å². The molecule has 0 saturated heterocycles. The standard InChI is InChI=1S/C17H13NO5S/c19-12-3-1-9(5-15(12)22)11-8-24-17(18-11)7-14(21)10-2-4-13(20)16(23)6-10/h1-6,8,19-20,22-23H,7H2. The molecule has 0 unspecified atom stereocenters. The molecule has 1 heterocycles. The van der Waals surface area contributed by atoms with E-state index in [9.17, 15) is 25.2 Å². The van der Waals surface area contributed by atoms with Gasteiger partial charge < -0.3 is 20.4 Å². The summed E-state index contributed by atoms with van der Waals surface area (Å²) in [7, 11) is 0. The maximum Gasteiger partial charge on any atom is 0.169 e. The number of aromatic nitrogens is 1. The number of aromatic hydroxyl groups is 4. The highest BCUT2D eigenvalue weighted by atomic mass is 32.1. The second-order valence-corrected chi connectivity index (χ2v) is 6.08. The lowest BCUT2D eigenvalue weighted by Gasteiger charge is -2.02. The van der Waals surface area contributed by atoms with E-state index in [2.05, 4.69) is 4.98 Å². The molecule has 1 aromatic heterocycles. The fourth-order valence-electron chi connectivity index (χ4n) is 2.14. The van der Waals surface area contributed by atoms with E-state index in [-0.39, 0.29) is 40.8 Å². The van der Waals surface area contributed by atoms with Gasteiger partial charge >= 0.3 is 0 Å². The van der Waals surface area contributed by atoms with Gasteiger partial charge in [-0.25, -0.2) is 4.98 Å². The second-order valence-electron chi connectivity index (χ2n) is 5.13. The Morgan fingerprint density at radius 2 is 1.58 bits per heavy atom. The van der Waals surface area contributed by atoms with Gasteiger partial charge in [-0.1, -0.05) is 0 Å². The Bertz CT molecular complexity index is 919. The molecule has 0 aliphatic carbocycles. The highest BCUT2D eigenvalue weighted by Crippen LogP contribution is 2.31. The number of carbonyl (C=O) groups excluding carboxylic acids is 1. The smallest absolute Gasteiger partial charge is 0.169 e. The molecule has 24 heavy (non-hydrogen) atoms. The number of nitrogens with zero attached hydrogens (tertiary/aromatic N) is 1. The van der Waals surface area contributed by atoms with Crippen LogP contribution < -0.4 is 0 Å². The summed E-state index contributed by atoms with van der Waals surface area (Å²) >= 11 is 1.30. The molecule has 0 amide bonds. The minimum Gasteiger partial charge on any atom is -0.504 e. The summed E-state index contributed by atoms with van der Waals surface area (Å²) in [6, 6.07) is 8.29. The fraction of sp³-hybridized carbons (Fsp3) is 0.0588. The zero-order valence-electron chi connectivity index (χ0n) is 12.3. The Hall–Kier alpha value is -3.06. The molecular formula is C17H13NO5S. The number of phenolic OH excluding ortho intramolecular Hbond substituents is 4. The minimum atomic E-state index is -0.347. The van der Waals surface area contributed by atoms with E-state index in [0.29, 0.717) is 16.3 Å². The van der Waals surface area contributed by atoms with Gasteiger partial charge in [-0.2, -0.15) is 0 Å². The van der Waals surface area contributed by atoms with Gasteiger partial charge in [0, 0.05) is 16.5 Å². The lowest BCUT2D eigenvalue weighted by molar-refractivity contribution is 0.0992. The van der Waals surface area contributed by atoms with E-state index in [1.807, 2.05) is 0 Å². The van der Waals surface area contributed by atoms with Crippen LogP contribution >= 0.6 is 11.3 Å². The summed E-state index contributed by atoms with van der Waals surface area (Å²) in [5, 5.41) is 39.9. The van der Waals surface area contributed by atoms with Crippen LogP contribution in [0.25, 0.3) is 11.3 Å². The molecule has 7 heteroatoms. The topological polar surface area (TPSA) is 111 Å². The summed E-state index contributed by atoms with van der Waals surface area (Å²) in [4.78, 5) is 16.6. The molecule has 3 aromatic rings. The van der Waals surface area contributed by atoms with Crippen molar-refractivity contribution < 1.29 is 25.2 Å². The predicted octanol–water partition coefficient (Wildman–Crippen LogP) is 3.06. The van der Waals surface area contributed by atoms with Gasteiger partial charge in [0.2, 0.25) is 0 Å². The van der Waals surface area contributed by atoms with E-state index >= 15 is 0 Å². The zero-order chi connectivity index (χ0) is 17.3. The monoisotopic (exact) mass is 343 g/mol. The Kier molecular flexibility index (Phi) is 4.09. The van der Waals surface area contributed by atoms with Crippen molar-refractivity contribution >= 4 is 17.1 Å². The lowest BCUT2D eigenvalue weighted by Crippen LogP contribution is -2.03. The molecule has 4 N–H and O–H groups in total. The molecule has 0 fully saturated rings. The molecule has 0 spiro atoms. The first-order valence-corrected chi connectivity index (χ1v) is 7.84. The molecule has 2 aromatic carbocycles. The van der Waals surface area contributed by atoms with Crippen LogP contribution in [0.15, 0.2) is 41.8 Å². The molecule has 0 radical (unpaired) electrons. The average Bonchev–Trinajstić information content (AvgIpc) is 3.01. The van der Waals surface area contributed by atoms with Crippen molar-refractivity contribution in [3.63, 3.8) is 0 Å². The molecule has 3 rings (SSSR count). The number of hydrogen-bond donors (Lipinski definition) is 4. The van der Waals surface area contributed by atoms with E-state index in [4.69, 9.17) is 0 Å². The number of Topliss-reactive ketones (excluding diaryl/α,β-unsaturated/α-hetero) is 1. The van der Waals surface area contributed by atoms with Gasteiger partial charge in [0.25, 0.3) is 0 Å². The van der Waals surface area contributed by atoms with Crippen molar-refractivity contribution in [2.45, 2.75) is 6.42 Å². The van der Waals surface area contributed by atoms with Gasteiger partial charge in [0.1, 0.15) is 5.01 Å². The SMILES string of the molecule is O=C(Cc1nc(-c2ccc(O)c(O)c2)cs1)c1ccc(O)c(O)c1. The number of ketones is 1. The Morgan fingerprint density at radius 3 is 2.25 bits per heavy atom. The van der Waals surface area contributed by atoms with Crippen molar-refractivity contribution in [1.29, 1.82) is 0 Å². The first-order chi connectivity index (χ1) is 11.4. The molecule has 0 saturated carbocycles. The van der Waals surface area contributed by atoms with Crippen LogP contribution in [0, 0.1) is 0 Å². The van der Waals surface area contributed by atoms with Crippen molar-refractivity contribution in [3.05, 3.63) is 52.3 Å². The largest absolute Gasteiger partial charge is 0.504 e. The summed E-state index contributed by atoms with van der Waals surface area (Å²) in [5.41, 5.74) is 1.50. The first-order valence-electron chi connectivity index (χ1n) is 6.96. The van der Waals surface area contributed by atoms with Gasteiger partial charge in [-0.05, 0) is 36.4 Å². The highest BCUT2D eigenvalue weighted by Gasteiger charge is 2.13. The number of thiazole rings is 1. The maximum absolute atomic E-state index is 12.2. The number of carbonyl (C=O) groups is 1. The highest BCUT2D eigenvalue weighted by molar-refractivity contribution is 7.10. The van der Waals surface area contributed by atoms with Crippen LogP contribution in [-0.4, -0.2) is 31.2 Å². The lowest BCUT2D eigenvalue weighted by atomic mass is 10.1. The third kappa shape index (κ3) is 3.16. The third-order valence-electron chi connectivity index (χ3n) is 3.43. The van der Waals surface area contributed by atoms with Crippen LogP contribution in [0.2, 0.25) is 0 Å². The number of hydrogen-bond acceptors (Lipinski definition) is 7. The van der Waals surface area contributed by atoms with Crippen LogP contribution in [0.5, 0.6) is 23.0 Å². The molecule has 6 nitrogen and oxygen atoms in total. The zero-order valence-corrected chi connectivity index (χ0v) is 13.1. The quantitative estimate of drug-likeness (QED) is 0.428. The summed E-state index contributed by atoms with van der Waals surface area (Å²) in [6.07, 6.45) is 0.0545. The van der Waals surface area contributed by atoms with Crippen molar-refractivity contribution in [1.82, 2.24) is 4.98 Å². The molecule has 122 valence electrons. The minimum absolute atomic E-state index is 0.0545. The van der Waals surface area contributed by atoms with Gasteiger partial charge in [0.05, 0.1) is 12.1 Å². The van der Waals surface area contributed by atoms with Crippen molar-refractivity contribution in [3.8, 4) is 34.3 Å². The van der Waals surface area contributed by atoms with Gasteiger partial charge in [-0.3, -0.25) is 4.79 Å². The Balaban J connectivity index is 1.79. The van der Waals surface area contributed by atoms with Crippen LogP contribution in [0.1, 0.15) is 15.4 Å². The maximum atomic E-state index is 12.2. The molecule has 0 atom stereocenters. The van der Waals surface area contributed by atoms with E-state index in [0.717, 1.165) is 0 Å². The van der Waals surface area contributed by atoms with Crippen molar-refractivity contribution in [2.75, 3.05) is 0 Å². The molecule has 0 aliphatic rings. The first kappa shape index (κ1) is 15.8. The normalized spacial score (nSPS) is 10.7. The van der Waals surface area contributed by atoms with E-state index in [1.165, 1.54) is 41.7 Å². The number of phenols is 4. The third-order valence-corrected chi connectivity index (χ3v) is 4.28. The van der Waals surface area contributed by atoms with E-state index in [1.54, 1.807) is 11.4 Å². The second kappa shape index (κ2) is 6.21. The Labute approximate surface area is 140 Å². The summed E-state index contributed by atoms with van der Waals surface area (Å²) in [5.74, 6) is -1.32. The van der Waals surface area contributed by atoms with Gasteiger partial charge in [-0.15, -0.1) is 11.3 Å². The molecular weight excluding hydrogens is 330 g/mol.